The van der Waals surface area contributed by atoms with Gasteiger partial charge in [0.1, 0.15) is 17.5 Å². The number of thiazole rings is 1. The van der Waals surface area contributed by atoms with Crippen LogP contribution in [0.25, 0.3) is 6.08 Å². The molecule has 232 valence electrons. The van der Waals surface area contributed by atoms with Crippen LogP contribution in [-0.4, -0.2) is 46.3 Å². The van der Waals surface area contributed by atoms with E-state index in [0.717, 1.165) is 34.5 Å². The normalized spacial score (nSPS) is 14.5. The van der Waals surface area contributed by atoms with Crippen LogP contribution in [0, 0.1) is 24.0 Å². The number of carbonyl (C=O) groups is 1. The number of hydrogen-bond donors (Lipinski definition) is 0. The van der Waals surface area contributed by atoms with Gasteiger partial charge in [-0.05, 0) is 81.4 Å². The maximum Gasteiger partial charge on any atom is 0.338 e. The van der Waals surface area contributed by atoms with Gasteiger partial charge in [0, 0.05) is 23.0 Å². The Labute approximate surface area is 265 Å². The summed E-state index contributed by atoms with van der Waals surface area (Å²) in [4.78, 5) is 53.0. The smallest absolute Gasteiger partial charge is 0.338 e. The van der Waals surface area contributed by atoms with E-state index >= 15 is 0 Å². The number of methoxy groups -OCH3 is 2. The van der Waals surface area contributed by atoms with Crippen molar-refractivity contribution in [2.45, 2.75) is 43.8 Å². The zero-order chi connectivity index (χ0) is 32.4. The second-order valence-electron chi connectivity index (χ2n) is 9.93. The molecule has 0 fully saturated rings. The molecule has 0 bridgehead atoms. The molecule has 2 aromatic heterocycles. The Balaban J connectivity index is 1.66. The predicted molar refractivity (Wildman–Crippen MR) is 169 cm³/mol. The van der Waals surface area contributed by atoms with E-state index in [0.29, 0.717) is 43.2 Å². The Kier molecular flexibility index (Phi) is 9.16. The third-order valence-corrected chi connectivity index (χ3v) is 8.80. The minimum atomic E-state index is -0.932. The molecule has 1 aliphatic rings. The highest BCUT2D eigenvalue weighted by atomic mass is 32.2. The average Bonchev–Trinajstić information content (AvgIpc) is 3.30. The zero-order valence-electron chi connectivity index (χ0n) is 25.3. The monoisotopic (exact) mass is 647 g/mol. The lowest BCUT2D eigenvalue weighted by atomic mass is 9.94. The molecule has 45 heavy (non-hydrogen) atoms. The van der Waals surface area contributed by atoms with Gasteiger partial charge in [0.15, 0.2) is 9.96 Å². The molecule has 0 spiro atoms. The molecule has 0 radical (unpaired) electrons. The van der Waals surface area contributed by atoms with Gasteiger partial charge in [0.2, 0.25) is 0 Å². The van der Waals surface area contributed by atoms with Crippen molar-refractivity contribution < 1.29 is 23.9 Å². The minimum Gasteiger partial charge on any atom is -0.497 e. The van der Waals surface area contributed by atoms with Gasteiger partial charge in [0.05, 0.1) is 46.4 Å². The van der Waals surface area contributed by atoms with Gasteiger partial charge in [-0.25, -0.2) is 19.8 Å². The van der Waals surface area contributed by atoms with E-state index in [-0.39, 0.29) is 22.4 Å². The largest absolute Gasteiger partial charge is 0.497 e. The first-order valence-corrected chi connectivity index (χ1v) is 15.4. The van der Waals surface area contributed by atoms with E-state index in [2.05, 4.69) is 15.0 Å². The highest BCUT2D eigenvalue weighted by Gasteiger charge is 2.35. The van der Waals surface area contributed by atoms with Gasteiger partial charge in [-0.3, -0.25) is 19.5 Å². The average molecular weight is 648 g/mol. The number of ether oxygens (including phenoxy) is 3. The number of allylic oxidation sites excluding steroid dienone is 1. The molecule has 2 aromatic carbocycles. The summed E-state index contributed by atoms with van der Waals surface area (Å²) < 4.78 is 18.1. The lowest BCUT2D eigenvalue weighted by Crippen LogP contribution is -2.40. The van der Waals surface area contributed by atoms with E-state index in [9.17, 15) is 19.7 Å². The number of carbonyl (C=O) groups excluding carboxylic acids is 1. The molecule has 1 atom stereocenters. The fraction of sp³-hybridized carbons (Fsp3) is 0.258. The van der Waals surface area contributed by atoms with E-state index in [1.54, 1.807) is 50.3 Å². The van der Waals surface area contributed by atoms with Crippen LogP contribution in [0.4, 0.5) is 5.69 Å². The number of esters is 1. The first kappa shape index (κ1) is 31.6. The summed E-state index contributed by atoms with van der Waals surface area (Å²) in [5.41, 5.74) is 2.45. The summed E-state index contributed by atoms with van der Waals surface area (Å²) >= 11 is 2.20. The molecule has 14 heteroatoms. The van der Waals surface area contributed by atoms with Gasteiger partial charge >= 0.3 is 5.97 Å². The third-order valence-electron chi connectivity index (χ3n) is 6.89. The Morgan fingerprint density at radius 3 is 2.47 bits per heavy atom. The van der Waals surface area contributed by atoms with Crippen LogP contribution in [0.1, 0.15) is 42.4 Å². The molecule has 0 saturated heterocycles. The van der Waals surface area contributed by atoms with Crippen LogP contribution in [0.3, 0.4) is 0 Å². The topological polar surface area (TPSA) is 148 Å². The summed E-state index contributed by atoms with van der Waals surface area (Å²) in [6.45, 7) is 7.17. The highest BCUT2D eigenvalue weighted by Crippen LogP contribution is 2.38. The lowest BCUT2D eigenvalue weighted by molar-refractivity contribution is -0.387. The van der Waals surface area contributed by atoms with Crippen molar-refractivity contribution in [3.05, 3.63) is 106 Å². The van der Waals surface area contributed by atoms with Gasteiger partial charge in [-0.1, -0.05) is 17.4 Å². The number of aromatic nitrogens is 3. The molecular weight excluding hydrogens is 619 g/mol. The summed E-state index contributed by atoms with van der Waals surface area (Å²) in [6.07, 6.45) is 1.57. The summed E-state index contributed by atoms with van der Waals surface area (Å²) in [5, 5.41) is 12.5. The van der Waals surface area contributed by atoms with Gasteiger partial charge < -0.3 is 14.2 Å². The molecule has 0 saturated carbocycles. The second-order valence-corrected chi connectivity index (χ2v) is 11.9. The number of aryl methyl sites for hydroxylation is 2. The number of benzene rings is 2. The number of fused-ring (bicyclic) bond motifs is 1. The fourth-order valence-electron chi connectivity index (χ4n) is 4.98. The van der Waals surface area contributed by atoms with Crippen molar-refractivity contribution in [2.24, 2.45) is 4.99 Å². The molecular formula is C31H29N5O7S2. The molecule has 12 nitrogen and oxygen atoms in total. The van der Waals surface area contributed by atoms with Crippen LogP contribution in [0.15, 0.2) is 73.6 Å². The predicted octanol–water partition coefficient (Wildman–Crippen LogP) is 4.28. The van der Waals surface area contributed by atoms with Crippen LogP contribution in [-0.2, 0) is 9.53 Å². The van der Waals surface area contributed by atoms with Gasteiger partial charge in [-0.15, -0.1) is 0 Å². The Bertz CT molecular complexity index is 2030. The fourth-order valence-corrected chi connectivity index (χ4v) is 6.98. The minimum absolute atomic E-state index is 0.130. The van der Waals surface area contributed by atoms with Crippen molar-refractivity contribution in [2.75, 3.05) is 20.8 Å². The summed E-state index contributed by atoms with van der Waals surface area (Å²) in [7, 11) is 3.01. The molecule has 0 N–H and O–H groups in total. The highest BCUT2D eigenvalue weighted by molar-refractivity contribution is 7.99. The lowest BCUT2D eigenvalue weighted by Gasteiger charge is -2.26. The van der Waals surface area contributed by atoms with Crippen molar-refractivity contribution >= 4 is 40.8 Å². The Morgan fingerprint density at radius 2 is 1.82 bits per heavy atom. The number of nitro groups is 1. The van der Waals surface area contributed by atoms with Crippen molar-refractivity contribution in [3.63, 3.8) is 0 Å². The van der Waals surface area contributed by atoms with Crippen LogP contribution in [0.5, 0.6) is 11.5 Å². The first-order valence-electron chi connectivity index (χ1n) is 13.7. The molecule has 5 rings (SSSR count). The number of nitrogens with zero attached hydrogens (tertiary/aromatic N) is 5. The number of nitro benzene ring substituents is 1. The maximum absolute atomic E-state index is 14.1. The standard InChI is InChI=1S/C31H29N5O7S2/c1-7-43-29(38)26-18(4)34-31-35(27(26)21-15-20(41-5)9-10-23(21)42-6)28(37)25(45-31)14-19-8-11-24(22(13-19)36(39)40)44-30-32-16(2)12-17(3)33-30/h8-15,27H,7H2,1-6H3/b25-14+/t27-/m0/s1. The first-order chi connectivity index (χ1) is 21.5. The molecule has 0 amide bonds. The zero-order valence-corrected chi connectivity index (χ0v) is 26.9. The van der Waals surface area contributed by atoms with Crippen LogP contribution in [0.2, 0.25) is 0 Å². The number of hydrogen-bond acceptors (Lipinski definition) is 12. The maximum atomic E-state index is 14.1. The van der Waals surface area contributed by atoms with E-state index in [4.69, 9.17) is 14.2 Å². The van der Waals surface area contributed by atoms with Crippen molar-refractivity contribution in [1.82, 2.24) is 14.5 Å². The van der Waals surface area contributed by atoms with Crippen LogP contribution < -0.4 is 24.4 Å². The van der Waals surface area contributed by atoms with E-state index in [1.165, 1.54) is 24.9 Å². The van der Waals surface area contributed by atoms with Gasteiger partial charge in [0.25, 0.3) is 11.2 Å². The Morgan fingerprint density at radius 1 is 1.09 bits per heavy atom. The Hall–Kier alpha value is -4.82. The van der Waals surface area contributed by atoms with Crippen molar-refractivity contribution in [1.29, 1.82) is 0 Å². The molecule has 0 unspecified atom stereocenters. The molecule has 3 heterocycles. The third kappa shape index (κ3) is 6.37. The SMILES string of the molecule is CCOC(=O)C1=C(C)N=c2s/c(=C/c3ccc(Sc4nc(C)cc(C)n4)c([N+](=O)[O-])c3)c(=O)n2[C@H]1c1cc(OC)ccc1OC. The van der Waals surface area contributed by atoms with E-state index in [1.807, 2.05) is 19.9 Å². The molecule has 0 aliphatic carbocycles. The van der Waals surface area contributed by atoms with Gasteiger partial charge in [-0.2, -0.15) is 0 Å². The molecule has 1 aliphatic heterocycles. The number of rotatable bonds is 9. The van der Waals surface area contributed by atoms with Crippen LogP contribution >= 0.6 is 23.1 Å². The summed E-state index contributed by atoms with van der Waals surface area (Å²) in [5.74, 6) is 0.324. The van der Waals surface area contributed by atoms with E-state index < -0.39 is 22.5 Å². The van der Waals surface area contributed by atoms with Crippen molar-refractivity contribution in [3.8, 4) is 11.5 Å². The quantitative estimate of drug-likeness (QED) is 0.112. The second kappa shape index (κ2) is 13.0. The molecule has 4 aromatic rings. The summed E-state index contributed by atoms with van der Waals surface area (Å²) in [6, 6.07) is 10.7.